The molecule has 23 heavy (non-hydrogen) atoms. The Labute approximate surface area is 137 Å². The Bertz CT molecular complexity index is 783. The molecule has 0 heterocycles. The first-order valence-electron chi connectivity index (χ1n) is 8.24. The molecule has 0 fully saturated rings. The zero-order valence-corrected chi connectivity index (χ0v) is 13.4. The molecule has 1 aliphatic rings. The van der Waals surface area contributed by atoms with Crippen LogP contribution in [-0.4, -0.2) is 5.11 Å². The molecule has 0 aromatic heterocycles. The summed E-state index contributed by atoms with van der Waals surface area (Å²) in [5, 5.41) is 19.5. The highest BCUT2D eigenvalue weighted by atomic mass is 16.3. The van der Waals surface area contributed by atoms with Crippen LogP contribution < -0.4 is 0 Å². The molecule has 1 N–H and O–H groups in total. The topological polar surface area (TPSA) is 44.0 Å². The third-order valence-electron chi connectivity index (χ3n) is 4.55. The minimum Gasteiger partial charge on any atom is -0.388 e. The number of hydrogen-bond acceptors (Lipinski definition) is 2. The number of fused-ring (bicyclic) bond motifs is 2. The lowest BCUT2D eigenvalue weighted by atomic mass is 9.91. The molecule has 1 aliphatic carbocycles. The SMILES string of the molecule is CCCC(O)c1ccc2c(c1)CCc1ccccc1C2=CC#N. The maximum Gasteiger partial charge on any atom is 0.0918 e. The first-order chi connectivity index (χ1) is 11.2. The third-order valence-corrected chi connectivity index (χ3v) is 4.55. The first-order valence-corrected chi connectivity index (χ1v) is 8.24. The van der Waals surface area contributed by atoms with Gasteiger partial charge in [0.2, 0.25) is 0 Å². The molecular formula is C21H21NO. The Morgan fingerprint density at radius 1 is 1.13 bits per heavy atom. The Balaban J connectivity index is 2.10. The summed E-state index contributed by atoms with van der Waals surface area (Å²) in [5.74, 6) is 0. The van der Waals surface area contributed by atoms with Crippen molar-refractivity contribution in [1.82, 2.24) is 0 Å². The van der Waals surface area contributed by atoms with Crippen LogP contribution in [0.2, 0.25) is 0 Å². The largest absolute Gasteiger partial charge is 0.388 e. The zero-order valence-electron chi connectivity index (χ0n) is 13.4. The molecule has 0 aliphatic heterocycles. The Kier molecular flexibility index (Phi) is 4.60. The summed E-state index contributed by atoms with van der Waals surface area (Å²) in [5.41, 5.74) is 6.73. The molecule has 0 radical (unpaired) electrons. The van der Waals surface area contributed by atoms with E-state index >= 15 is 0 Å². The molecule has 116 valence electrons. The molecule has 1 atom stereocenters. The van der Waals surface area contributed by atoms with Crippen LogP contribution in [0.25, 0.3) is 5.57 Å². The summed E-state index contributed by atoms with van der Waals surface area (Å²) in [6.45, 7) is 2.08. The van der Waals surface area contributed by atoms with E-state index in [9.17, 15) is 10.4 Å². The number of aliphatic hydroxyl groups is 1. The smallest absolute Gasteiger partial charge is 0.0918 e. The summed E-state index contributed by atoms with van der Waals surface area (Å²) in [6, 6.07) is 16.7. The number of rotatable bonds is 3. The average molecular weight is 303 g/mol. The summed E-state index contributed by atoms with van der Waals surface area (Å²) >= 11 is 0. The van der Waals surface area contributed by atoms with E-state index in [2.05, 4.69) is 43.3 Å². The molecule has 0 amide bonds. The van der Waals surface area contributed by atoms with Gasteiger partial charge < -0.3 is 5.11 Å². The maximum absolute atomic E-state index is 10.3. The number of aliphatic hydroxyl groups excluding tert-OH is 1. The normalized spacial score (nSPS) is 16.1. The number of hydrogen-bond donors (Lipinski definition) is 1. The average Bonchev–Trinajstić information content (AvgIpc) is 2.73. The molecule has 3 rings (SSSR count). The van der Waals surface area contributed by atoms with Gasteiger partial charge in [-0.05, 0) is 52.7 Å². The van der Waals surface area contributed by atoms with Crippen LogP contribution in [0.5, 0.6) is 0 Å². The fraction of sp³-hybridized carbons (Fsp3) is 0.286. The van der Waals surface area contributed by atoms with Crippen LogP contribution in [0.1, 0.15) is 53.7 Å². The second-order valence-corrected chi connectivity index (χ2v) is 6.07. The van der Waals surface area contributed by atoms with Gasteiger partial charge in [-0.3, -0.25) is 0 Å². The number of allylic oxidation sites excluding steroid dienone is 1. The van der Waals surface area contributed by atoms with Crippen LogP contribution >= 0.6 is 0 Å². The van der Waals surface area contributed by atoms with Crippen molar-refractivity contribution in [1.29, 1.82) is 5.26 Å². The van der Waals surface area contributed by atoms with Gasteiger partial charge in [-0.25, -0.2) is 0 Å². The van der Waals surface area contributed by atoms with E-state index in [1.54, 1.807) is 6.08 Å². The van der Waals surface area contributed by atoms with Gasteiger partial charge in [0, 0.05) is 6.08 Å². The molecule has 0 bridgehead atoms. The van der Waals surface area contributed by atoms with Crippen LogP contribution in [0.3, 0.4) is 0 Å². The van der Waals surface area contributed by atoms with Gasteiger partial charge >= 0.3 is 0 Å². The van der Waals surface area contributed by atoms with Crippen LogP contribution in [0, 0.1) is 11.3 Å². The lowest BCUT2D eigenvalue weighted by Gasteiger charge is -2.15. The predicted molar refractivity (Wildman–Crippen MR) is 92.9 cm³/mol. The van der Waals surface area contributed by atoms with E-state index in [1.807, 2.05) is 12.1 Å². The summed E-state index contributed by atoms with van der Waals surface area (Å²) < 4.78 is 0. The second kappa shape index (κ2) is 6.81. The van der Waals surface area contributed by atoms with Crippen molar-refractivity contribution in [2.45, 2.75) is 38.7 Å². The van der Waals surface area contributed by atoms with E-state index in [0.29, 0.717) is 0 Å². The van der Waals surface area contributed by atoms with Gasteiger partial charge in [-0.1, -0.05) is 55.8 Å². The first kappa shape index (κ1) is 15.5. The number of nitrogens with zero attached hydrogens (tertiary/aromatic N) is 1. The van der Waals surface area contributed by atoms with Gasteiger partial charge in [0.1, 0.15) is 0 Å². The molecule has 2 nitrogen and oxygen atoms in total. The molecule has 2 heteroatoms. The van der Waals surface area contributed by atoms with Gasteiger partial charge in [0.15, 0.2) is 0 Å². The van der Waals surface area contributed by atoms with Crippen molar-refractivity contribution in [3.05, 3.63) is 76.4 Å². The van der Waals surface area contributed by atoms with Crippen molar-refractivity contribution in [3.8, 4) is 6.07 Å². The lowest BCUT2D eigenvalue weighted by Crippen LogP contribution is -2.00. The molecule has 0 saturated carbocycles. The number of benzene rings is 2. The minimum absolute atomic E-state index is 0.403. The summed E-state index contributed by atoms with van der Waals surface area (Å²) in [6.07, 6.45) is 4.87. The van der Waals surface area contributed by atoms with Crippen molar-refractivity contribution in [2.75, 3.05) is 0 Å². The molecule has 1 unspecified atom stereocenters. The number of nitriles is 1. The van der Waals surface area contributed by atoms with E-state index < -0.39 is 6.10 Å². The minimum atomic E-state index is -0.403. The van der Waals surface area contributed by atoms with E-state index in [4.69, 9.17) is 0 Å². The van der Waals surface area contributed by atoms with Gasteiger partial charge in [0.05, 0.1) is 12.2 Å². The highest BCUT2D eigenvalue weighted by Gasteiger charge is 2.19. The van der Waals surface area contributed by atoms with Crippen molar-refractivity contribution >= 4 is 5.57 Å². The third kappa shape index (κ3) is 3.06. The molecule has 0 saturated heterocycles. The predicted octanol–water partition coefficient (Wildman–Crippen LogP) is 4.57. The standard InChI is InChI=1S/C21H21NO/c1-2-5-21(23)17-10-11-19-16(14-17)9-8-15-6-3-4-7-18(15)20(19)12-13-22/h3-4,6-7,10-12,14,21,23H,2,5,8-9H2,1H3. The van der Waals surface area contributed by atoms with Gasteiger partial charge in [0.25, 0.3) is 0 Å². The van der Waals surface area contributed by atoms with Crippen LogP contribution in [-0.2, 0) is 12.8 Å². The Hall–Kier alpha value is -2.37. The highest BCUT2D eigenvalue weighted by Crippen LogP contribution is 2.35. The molecule has 0 spiro atoms. The van der Waals surface area contributed by atoms with Crippen molar-refractivity contribution in [3.63, 3.8) is 0 Å². The monoisotopic (exact) mass is 303 g/mol. The van der Waals surface area contributed by atoms with Gasteiger partial charge in [-0.15, -0.1) is 0 Å². The summed E-state index contributed by atoms with van der Waals surface area (Å²) in [7, 11) is 0. The van der Waals surface area contributed by atoms with E-state index in [-0.39, 0.29) is 0 Å². The van der Waals surface area contributed by atoms with E-state index in [1.165, 1.54) is 11.1 Å². The summed E-state index contributed by atoms with van der Waals surface area (Å²) in [4.78, 5) is 0. The molecular weight excluding hydrogens is 282 g/mol. The number of aryl methyl sites for hydroxylation is 2. The van der Waals surface area contributed by atoms with Crippen molar-refractivity contribution < 1.29 is 5.11 Å². The van der Waals surface area contributed by atoms with Gasteiger partial charge in [-0.2, -0.15) is 5.26 Å². The van der Waals surface area contributed by atoms with E-state index in [0.717, 1.165) is 47.9 Å². The molecule has 2 aromatic rings. The van der Waals surface area contributed by atoms with Crippen LogP contribution in [0.4, 0.5) is 0 Å². The molecule has 2 aromatic carbocycles. The fourth-order valence-corrected chi connectivity index (χ4v) is 3.37. The fourth-order valence-electron chi connectivity index (χ4n) is 3.37. The quantitative estimate of drug-likeness (QED) is 0.844. The van der Waals surface area contributed by atoms with Crippen molar-refractivity contribution in [2.24, 2.45) is 0 Å². The second-order valence-electron chi connectivity index (χ2n) is 6.07. The Morgan fingerprint density at radius 2 is 1.87 bits per heavy atom. The highest BCUT2D eigenvalue weighted by molar-refractivity contribution is 5.85. The zero-order chi connectivity index (χ0) is 16.2. The maximum atomic E-state index is 10.3. The Morgan fingerprint density at radius 3 is 2.65 bits per heavy atom. The lowest BCUT2D eigenvalue weighted by molar-refractivity contribution is 0.166. The van der Waals surface area contributed by atoms with Crippen LogP contribution in [0.15, 0.2) is 48.5 Å².